The molecule has 0 amide bonds. The lowest BCUT2D eigenvalue weighted by atomic mass is 9.97. The summed E-state index contributed by atoms with van der Waals surface area (Å²) >= 11 is 0. The van der Waals surface area contributed by atoms with Gasteiger partial charge in [0.15, 0.2) is 0 Å². The molecule has 0 radical (unpaired) electrons. The van der Waals surface area contributed by atoms with Crippen LogP contribution in [0.25, 0.3) is 0 Å². The molecule has 1 aromatic carbocycles. The summed E-state index contributed by atoms with van der Waals surface area (Å²) in [5.41, 5.74) is 1.21. The van der Waals surface area contributed by atoms with E-state index in [1.807, 2.05) is 18.2 Å². The van der Waals surface area contributed by atoms with E-state index in [0.29, 0.717) is 6.61 Å². The molecule has 1 aliphatic heterocycles. The molecule has 1 aromatic rings. The molecule has 4 heteroatoms. The third-order valence-corrected chi connectivity index (χ3v) is 3.79. The number of aryl methyl sites for hydroxylation is 1. The molecule has 4 nitrogen and oxygen atoms in total. The highest BCUT2D eigenvalue weighted by Crippen LogP contribution is 2.18. The van der Waals surface area contributed by atoms with E-state index in [4.69, 9.17) is 9.47 Å². The number of likely N-dealkylation sites (tertiary alicyclic amines) is 1. The van der Waals surface area contributed by atoms with E-state index in [1.54, 1.807) is 0 Å². The fourth-order valence-electron chi connectivity index (χ4n) is 2.56. The standard InChI is InChI=1S/C16H23NO3/c1-13-4-3-5-15(12-13)20-11-10-17-8-6-14(7-9-17)16(18)19-2/h3-5,12,14H,6-11H2,1-2H3. The number of carbonyl (C=O) groups is 1. The Balaban J connectivity index is 1.67. The van der Waals surface area contributed by atoms with Crippen molar-refractivity contribution in [3.05, 3.63) is 29.8 Å². The van der Waals surface area contributed by atoms with Crippen molar-refractivity contribution in [2.24, 2.45) is 5.92 Å². The first-order valence-corrected chi connectivity index (χ1v) is 7.18. The second-order valence-corrected chi connectivity index (χ2v) is 5.30. The molecule has 0 unspecified atom stereocenters. The lowest BCUT2D eigenvalue weighted by Crippen LogP contribution is -2.38. The Hall–Kier alpha value is -1.55. The largest absolute Gasteiger partial charge is 0.492 e. The Labute approximate surface area is 120 Å². The van der Waals surface area contributed by atoms with Crippen LogP contribution in [0.4, 0.5) is 0 Å². The average molecular weight is 277 g/mol. The number of hydrogen-bond donors (Lipinski definition) is 0. The van der Waals surface area contributed by atoms with Gasteiger partial charge in [0, 0.05) is 6.54 Å². The zero-order chi connectivity index (χ0) is 14.4. The van der Waals surface area contributed by atoms with Crippen LogP contribution in [0.1, 0.15) is 18.4 Å². The fraction of sp³-hybridized carbons (Fsp3) is 0.562. The van der Waals surface area contributed by atoms with E-state index in [2.05, 4.69) is 17.9 Å². The monoisotopic (exact) mass is 277 g/mol. The quantitative estimate of drug-likeness (QED) is 0.774. The third-order valence-electron chi connectivity index (χ3n) is 3.79. The molecule has 0 spiro atoms. The lowest BCUT2D eigenvalue weighted by Gasteiger charge is -2.30. The maximum Gasteiger partial charge on any atom is 0.308 e. The van der Waals surface area contributed by atoms with Crippen LogP contribution in [0.3, 0.4) is 0 Å². The van der Waals surface area contributed by atoms with E-state index >= 15 is 0 Å². The molecule has 1 fully saturated rings. The molecule has 2 rings (SSSR count). The SMILES string of the molecule is COC(=O)C1CCN(CCOc2cccc(C)c2)CC1. The fourth-order valence-corrected chi connectivity index (χ4v) is 2.56. The van der Waals surface area contributed by atoms with Crippen LogP contribution in [0.15, 0.2) is 24.3 Å². The van der Waals surface area contributed by atoms with Crippen LogP contribution in [0.2, 0.25) is 0 Å². The molecule has 0 N–H and O–H groups in total. The van der Waals surface area contributed by atoms with Crippen molar-refractivity contribution < 1.29 is 14.3 Å². The second kappa shape index (κ2) is 7.29. The number of piperidine rings is 1. The van der Waals surface area contributed by atoms with E-state index in [0.717, 1.165) is 38.2 Å². The van der Waals surface area contributed by atoms with Gasteiger partial charge < -0.3 is 9.47 Å². The van der Waals surface area contributed by atoms with E-state index in [1.165, 1.54) is 12.7 Å². The number of ether oxygens (including phenoxy) is 2. The highest BCUT2D eigenvalue weighted by Gasteiger charge is 2.25. The molecule has 20 heavy (non-hydrogen) atoms. The number of hydrogen-bond acceptors (Lipinski definition) is 4. The van der Waals surface area contributed by atoms with Gasteiger partial charge >= 0.3 is 5.97 Å². The molecule has 0 aliphatic carbocycles. The van der Waals surface area contributed by atoms with Crippen LogP contribution < -0.4 is 4.74 Å². The summed E-state index contributed by atoms with van der Waals surface area (Å²) < 4.78 is 10.5. The molecule has 110 valence electrons. The summed E-state index contributed by atoms with van der Waals surface area (Å²) in [6.45, 7) is 5.53. The van der Waals surface area contributed by atoms with Crippen molar-refractivity contribution in [3.63, 3.8) is 0 Å². The first kappa shape index (κ1) is 14.9. The summed E-state index contributed by atoms with van der Waals surface area (Å²) in [6.07, 6.45) is 1.77. The molecular formula is C16H23NO3. The number of nitrogens with zero attached hydrogens (tertiary/aromatic N) is 1. The van der Waals surface area contributed by atoms with Gasteiger partial charge in [-0.3, -0.25) is 9.69 Å². The minimum atomic E-state index is -0.0688. The number of methoxy groups -OCH3 is 1. The van der Waals surface area contributed by atoms with Crippen LogP contribution in [0.5, 0.6) is 5.75 Å². The van der Waals surface area contributed by atoms with Crippen molar-refractivity contribution in [2.75, 3.05) is 33.4 Å². The Morgan fingerprint density at radius 1 is 1.35 bits per heavy atom. The normalized spacial score (nSPS) is 16.9. The first-order chi connectivity index (χ1) is 9.69. The number of esters is 1. The van der Waals surface area contributed by atoms with Crippen molar-refractivity contribution in [1.82, 2.24) is 4.90 Å². The maximum absolute atomic E-state index is 11.4. The van der Waals surface area contributed by atoms with Gasteiger partial charge in [0.2, 0.25) is 0 Å². The zero-order valence-electron chi connectivity index (χ0n) is 12.3. The Morgan fingerprint density at radius 3 is 2.75 bits per heavy atom. The Kier molecular flexibility index (Phi) is 5.41. The van der Waals surface area contributed by atoms with Crippen molar-refractivity contribution >= 4 is 5.97 Å². The van der Waals surface area contributed by atoms with Gasteiger partial charge in [-0.1, -0.05) is 12.1 Å². The summed E-state index contributed by atoms with van der Waals surface area (Å²) in [5.74, 6) is 0.934. The molecule has 1 aliphatic rings. The minimum absolute atomic E-state index is 0.0688. The van der Waals surface area contributed by atoms with Crippen molar-refractivity contribution in [2.45, 2.75) is 19.8 Å². The number of benzene rings is 1. The number of rotatable bonds is 5. The van der Waals surface area contributed by atoms with Gasteiger partial charge in [-0.2, -0.15) is 0 Å². The smallest absolute Gasteiger partial charge is 0.308 e. The summed E-state index contributed by atoms with van der Waals surface area (Å²) in [7, 11) is 1.46. The molecule has 1 saturated heterocycles. The van der Waals surface area contributed by atoms with Gasteiger partial charge in [-0.05, 0) is 50.6 Å². The van der Waals surface area contributed by atoms with Crippen LogP contribution >= 0.6 is 0 Å². The predicted molar refractivity (Wildman–Crippen MR) is 77.9 cm³/mol. The van der Waals surface area contributed by atoms with Gasteiger partial charge in [-0.15, -0.1) is 0 Å². The highest BCUT2D eigenvalue weighted by molar-refractivity contribution is 5.72. The van der Waals surface area contributed by atoms with Gasteiger partial charge in [0.05, 0.1) is 13.0 Å². The third kappa shape index (κ3) is 4.23. The van der Waals surface area contributed by atoms with Crippen molar-refractivity contribution in [1.29, 1.82) is 0 Å². The predicted octanol–water partition coefficient (Wildman–Crippen LogP) is 2.26. The first-order valence-electron chi connectivity index (χ1n) is 7.18. The van der Waals surface area contributed by atoms with Crippen LogP contribution in [0, 0.1) is 12.8 Å². The maximum atomic E-state index is 11.4. The summed E-state index contributed by atoms with van der Waals surface area (Å²) in [6, 6.07) is 8.09. The molecule has 1 heterocycles. The molecular weight excluding hydrogens is 254 g/mol. The molecule has 0 aromatic heterocycles. The molecule has 0 atom stereocenters. The van der Waals surface area contributed by atoms with Crippen molar-refractivity contribution in [3.8, 4) is 5.75 Å². The van der Waals surface area contributed by atoms with E-state index in [-0.39, 0.29) is 11.9 Å². The molecule has 0 bridgehead atoms. The van der Waals surface area contributed by atoms with Crippen LogP contribution in [-0.2, 0) is 9.53 Å². The van der Waals surface area contributed by atoms with Crippen LogP contribution in [-0.4, -0.2) is 44.2 Å². The van der Waals surface area contributed by atoms with Gasteiger partial charge in [0.1, 0.15) is 12.4 Å². The second-order valence-electron chi connectivity index (χ2n) is 5.30. The zero-order valence-corrected chi connectivity index (χ0v) is 12.3. The van der Waals surface area contributed by atoms with Gasteiger partial charge in [0.25, 0.3) is 0 Å². The number of carbonyl (C=O) groups excluding carboxylic acids is 1. The van der Waals surface area contributed by atoms with Gasteiger partial charge in [-0.25, -0.2) is 0 Å². The summed E-state index contributed by atoms with van der Waals surface area (Å²) in [5, 5.41) is 0. The van der Waals surface area contributed by atoms with E-state index in [9.17, 15) is 4.79 Å². The highest BCUT2D eigenvalue weighted by atomic mass is 16.5. The Morgan fingerprint density at radius 2 is 2.10 bits per heavy atom. The minimum Gasteiger partial charge on any atom is -0.492 e. The topological polar surface area (TPSA) is 38.8 Å². The lowest BCUT2D eigenvalue weighted by molar-refractivity contribution is -0.147. The Bertz CT molecular complexity index is 439. The average Bonchev–Trinajstić information content (AvgIpc) is 2.47. The molecule has 0 saturated carbocycles. The summed E-state index contributed by atoms with van der Waals surface area (Å²) in [4.78, 5) is 13.8. The van der Waals surface area contributed by atoms with E-state index < -0.39 is 0 Å².